The molecule has 0 aliphatic rings. The summed E-state index contributed by atoms with van der Waals surface area (Å²) in [6.45, 7) is 0. The molecule has 3 rings (SSSR count). The van der Waals surface area contributed by atoms with Gasteiger partial charge in [0, 0.05) is 11.1 Å². The van der Waals surface area contributed by atoms with E-state index in [2.05, 4.69) is 5.32 Å². The summed E-state index contributed by atoms with van der Waals surface area (Å²) in [7, 11) is 0. The summed E-state index contributed by atoms with van der Waals surface area (Å²) in [6, 6.07) is 26.2. The minimum absolute atomic E-state index is 0.730. The topological polar surface area (TPSA) is 29.1 Å². The molecule has 3 aromatic rings. The van der Waals surface area contributed by atoms with Gasteiger partial charge < -0.3 is 5.32 Å². The molecule has 0 saturated heterocycles. The molecule has 1 N–H and O–H groups in total. The van der Waals surface area contributed by atoms with Crippen LogP contribution in [0, 0.1) is 0 Å². The maximum Gasteiger partial charge on any atom is 0.211 e. The average Bonchev–Trinajstić information content (AvgIpc) is 2.57. The van der Waals surface area contributed by atoms with Crippen LogP contribution in [-0.4, -0.2) is 6.41 Å². The number of carbonyl (C=O) groups excluding carboxylic acids is 1. The number of rotatable bonds is 4. The van der Waals surface area contributed by atoms with Crippen molar-refractivity contribution in [2.45, 2.75) is 0 Å². The molecule has 0 unspecified atom stereocenters. The molecule has 0 heterocycles. The molecule has 0 aromatic heterocycles. The molecular weight excluding hydrogens is 258 g/mol. The molecule has 21 heavy (non-hydrogen) atoms. The fraction of sp³-hybridized carbons (Fsp3) is 0. The minimum Gasteiger partial charge on any atom is -0.328 e. The van der Waals surface area contributed by atoms with Gasteiger partial charge >= 0.3 is 0 Å². The SMILES string of the molecule is O=CNc1c(-c2ccccc2)cccc1-c1ccccc1. The number of hydrogen-bond donors (Lipinski definition) is 1. The van der Waals surface area contributed by atoms with Crippen molar-refractivity contribution in [1.82, 2.24) is 0 Å². The lowest BCUT2D eigenvalue weighted by atomic mass is 9.96. The molecular formula is C19H15NO. The molecule has 0 atom stereocenters. The summed E-state index contributed by atoms with van der Waals surface area (Å²) >= 11 is 0. The number of amides is 1. The van der Waals surface area contributed by atoms with E-state index in [9.17, 15) is 4.79 Å². The highest BCUT2D eigenvalue weighted by molar-refractivity contribution is 5.95. The number of benzene rings is 3. The quantitative estimate of drug-likeness (QED) is 0.692. The second kappa shape index (κ2) is 6.06. The van der Waals surface area contributed by atoms with Crippen LogP contribution in [0.2, 0.25) is 0 Å². The first-order valence-electron chi connectivity index (χ1n) is 6.84. The monoisotopic (exact) mass is 273 g/mol. The van der Waals surface area contributed by atoms with Gasteiger partial charge in [-0.1, -0.05) is 78.9 Å². The predicted molar refractivity (Wildman–Crippen MR) is 87.0 cm³/mol. The molecule has 0 aliphatic carbocycles. The van der Waals surface area contributed by atoms with Crippen molar-refractivity contribution in [3.63, 3.8) is 0 Å². The van der Waals surface area contributed by atoms with Gasteiger partial charge in [-0.3, -0.25) is 4.79 Å². The van der Waals surface area contributed by atoms with Crippen LogP contribution >= 0.6 is 0 Å². The predicted octanol–water partition coefficient (Wildman–Crippen LogP) is 4.59. The van der Waals surface area contributed by atoms with E-state index in [-0.39, 0.29) is 0 Å². The van der Waals surface area contributed by atoms with E-state index < -0.39 is 0 Å². The van der Waals surface area contributed by atoms with E-state index in [1.807, 2.05) is 78.9 Å². The van der Waals surface area contributed by atoms with Crippen LogP contribution in [0.1, 0.15) is 0 Å². The van der Waals surface area contributed by atoms with Crippen LogP contribution in [0.3, 0.4) is 0 Å². The van der Waals surface area contributed by atoms with Gasteiger partial charge in [0.25, 0.3) is 0 Å². The minimum atomic E-state index is 0.730. The average molecular weight is 273 g/mol. The van der Waals surface area contributed by atoms with Crippen LogP contribution in [0.5, 0.6) is 0 Å². The van der Waals surface area contributed by atoms with Crippen LogP contribution in [0.25, 0.3) is 22.3 Å². The largest absolute Gasteiger partial charge is 0.328 e. The third kappa shape index (κ3) is 2.70. The molecule has 0 aliphatic heterocycles. The van der Waals surface area contributed by atoms with E-state index >= 15 is 0 Å². The third-order valence-corrected chi connectivity index (χ3v) is 3.44. The Labute approximate surface area is 124 Å². The zero-order chi connectivity index (χ0) is 14.5. The highest BCUT2D eigenvalue weighted by Gasteiger charge is 2.10. The van der Waals surface area contributed by atoms with Crippen molar-refractivity contribution in [3.05, 3.63) is 78.9 Å². The lowest BCUT2D eigenvalue weighted by molar-refractivity contribution is -0.105. The highest BCUT2D eigenvalue weighted by Crippen LogP contribution is 2.36. The Hall–Kier alpha value is -2.87. The second-order valence-corrected chi connectivity index (χ2v) is 4.72. The van der Waals surface area contributed by atoms with Gasteiger partial charge in [-0.2, -0.15) is 0 Å². The molecule has 2 heteroatoms. The van der Waals surface area contributed by atoms with E-state index in [1.165, 1.54) is 0 Å². The number of anilines is 1. The van der Waals surface area contributed by atoms with Crippen LogP contribution in [0.15, 0.2) is 78.9 Å². The van der Waals surface area contributed by atoms with E-state index in [0.717, 1.165) is 34.4 Å². The van der Waals surface area contributed by atoms with Gasteiger partial charge in [-0.05, 0) is 11.1 Å². The summed E-state index contributed by atoms with van der Waals surface area (Å²) in [4.78, 5) is 11.0. The number of hydrogen-bond acceptors (Lipinski definition) is 1. The van der Waals surface area contributed by atoms with Gasteiger partial charge in [-0.25, -0.2) is 0 Å². The Morgan fingerprint density at radius 3 is 1.52 bits per heavy atom. The Bertz CT molecular complexity index is 678. The van der Waals surface area contributed by atoms with Gasteiger partial charge in [-0.15, -0.1) is 0 Å². The van der Waals surface area contributed by atoms with Gasteiger partial charge in [0.2, 0.25) is 6.41 Å². The summed E-state index contributed by atoms with van der Waals surface area (Å²) in [5.41, 5.74) is 5.04. The number of carbonyl (C=O) groups is 1. The van der Waals surface area contributed by atoms with Crippen molar-refractivity contribution >= 4 is 12.1 Å². The molecule has 0 spiro atoms. The first-order chi connectivity index (χ1) is 10.4. The zero-order valence-electron chi connectivity index (χ0n) is 11.5. The van der Waals surface area contributed by atoms with Gasteiger partial charge in [0.15, 0.2) is 0 Å². The zero-order valence-corrected chi connectivity index (χ0v) is 11.5. The molecule has 3 aromatic carbocycles. The molecule has 2 nitrogen and oxygen atoms in total. The molecule has 0 saturated carbocycles. The fourth-order valence-corrected chi connectivity index (χ4v) is 2.48. The first-order valence-corrected chi connectivity index (χ1v) is 6.84. The van der Waals surface area contributed by atoms with Crippen molar-refractivity contribution in [1.29, 1.82) is 0 Å². The lowest BCUT2D eigenvalue weighted by Gasteiger charge is -2.14. The van der Waals surface area contributed by atoms with Crippen LogP contribution in [-0.2, 0) is 4.79 Å². The Kier molecular flexibility index (Phi) is 3.79. The molecule has 0 fully saturated rings. The molecule has 1 amide bonds. The standard InChI is InChI=1S/C19H15NO/c21-14-20-19-17(15-8-3-1-4-9-15)12-7-13-18(19)16-10-5-2-6-11-16/h1-14H,(H,20,21). The Morgan fingerprint density at radius 2 is 1.10 bits per heavy atom. The smallest absolute Gasteiger partial charge is 0.211 e. The Balaban J connectivity index is 2.20. The normalized spacial score (nSPS) is 10.1. The van der Waals surface area contributed by atoms with Gasteiger partial charge in [0.1, 0.15) is 0 Å². The fourth-order valence-electron chi connectivity index (χ4n) is 2.48. The summed E-state index contributed by atoms with van der Waals surface area (Å²) in [6.07, 6.45) is 0.730. The van der Waals surface area contributed by atoms with E-state index in [4.69, 9.17) is 0 Å². The third-order valence-electron chi connectivity index (χ3n) is 3.44. The summed E-state index contributed by atoms with van der Waals surface area (Å²) in [5.74, 6) is 0. The second-order valence-electron chi connectivity index (χ2n) is 4.72. The van der Waals surface area contributed by atoms with Crippen LogP contribution < -0.4 is 5.32 Å². The van der Waals surface area contributed by atoms with E-state index in [1.54, 1.807) is 0 Å². The van der Waals surface area contributed by atoms with Crippen molar-refractivity contribution in [2.75, 3.05) is 5.32 Å². The van der Waals surface area contributed by atoms with Gasteiger partial charge in [0.05, 0.1) is 5.69 Å². The summed E-state index contributed by atoms with van der Waals surface area (Å²) < 4.78 is 0. The molecule has 0 bridgehead atoms. The maximum atomic E-state index is 11.0. The van der Waals surface area contributed by atoms with Crippen LogP contribution in [0.4, 0.5) is 5.69 Å². The lowest BCUT2D eigenvalue weighted by Crippen LogP contribution is -1.99. The van der Waals surface area contributed by atoms with Crippen molar-refractivity contribution in [2.24, 2.45) is 0 Å². The maximum absolute atomic E-state index is 11.0. The highest BCUT2D eigenvalue weighted by atomic mass is 16.1. The van der Waals surface area contributed by atoms with Crippen molar-refractivity contribution < 1.29 is 4.79 Å². The molecule has 0 radical (unpaired) electrons. The Morgan fingerprint density at radius 1 is 0.619 bits per heavy atom. The van der Waals surface area contributed by atoms with E-state index in [0.29, 0.717) is 0 Å². The summed E-state index contributed by atoms with van der Waals surface area (Å²) in [5, 5.41) is 2.86. The first kappa shape index (κ1) is 13.1. The van der Waals surface area contributed by atoms with Crippen molar-refractivity contribution in [3.8, 4) is 22.3 Å². The molecule has 102 valence electrons. The number of nitrogens with one attached hydrogen (secondary N) is 1. The number of para-hydroxylation sites is 1.